The van der Waals surface area contributed by atoms with E-state index < -0.39 is 21.0 Å². The molecule has 0 rings (SSSR count). The summed E-state index contributed by atoms with van der Waals surface area (Å²) in [6, 6.07) is -1.13. The third-order valence-corrected chi connectivity index (χ3v) is 6.39. The summed E-state index contributed by atoms with van der Waals surface area (Å²) in [6.45, 7) is 4.94. The van der Waals surface area contributed by atoms with E-state index in [1.165, 1.54) is 59.9 Å². The van der Waals surface area contributed by atoms with E-state index in [-0.39, 0.29) is 0 Å². The average Bonchev–Trinajstić information content (AvgIpc) is 2.70. The molecule has 0 aromatic carbocycles. The Hall–Kier alpha value is -1.36. The van der Waals surface area contributed by atoms with E-state index in [1.54, 1.807) is 0 Å². The van der Waals surface area contributed by atoms with Crippen molar-refractivity contribution in [3.05, 3.63) is 0 Å². The third kappa shape index (κ3) is 11.5. The van der Waals surface area contributed by atoms with Crippen LogP contribution in [0.5, 0.6) is 0 Å². The van der Waals surface area contributed by atoms with E-state index in [0.717, 1.165) is 17.9 Å². The molecule has 9 nitrogen and oxygen atoms in total. The number of urea groups is 2. The van der Waals surface area contributed by atoms with Gasteiger partial charge in [-0.2, -0.15) is 0 Å². The third-order valence-electron chi connectivity index (χ3n) is 4.25. The van der Waals surface area contributed by atoms with Gasteiger partial charge in [-0.25, -0.2) is 14.6 Å². The number of nitrogens with one attached hydrogen (secondary N) is 2. The van der Waals surface area contributed by atoms with Gasteiger partial charge in [0.25, 0.3) is 0 Å². The van der Waals surface area contributed by atoms with Crippen molar-refractivity contribution in [3.63, 3.8) is 0 Å². The Morgan fingerprint density at radius 3 is 1.89 bits per heavy atom. The molecule has 0 bridgehead atoms. The van der Waals surface area contributed by atoms with Gasteiger partial charge in [-0.15, -0.1) is 5.43 Å². The second kappa shape index (κ2) is 16.6. The van der Waals surface area contributed by atoms with E-state index in [4.69, 9.17) is 13.3 Å². The molecule has 2 N–H and O–H groups in total. The molecule has 0 aromatic heterocycles. The zero-order chi connectivity index (χ0) is 21.3. The smallest absolute Gasteiger partial charge is 0.360 e. The van der Waals surface area contributed by atoms with Crippen LogP contribution in [0.3, 0.4) is 0 Å². The summed E-state index contributed by atoms with van der Waals surface area (Å²) < 4.78 is 15.5. The zero-order valence-corrected chi connectivity index (χ0v) is 19.2. The van der Waals surface area contributed by atoms with Crippen LogP contribution in [-0.4, -0.2) is 60.5 Å². The van der Waals surface area contributed by atoms with Crippen LogP contribution in [0.15, 0.2) is 0 Å². The Bertz CT molecular complexity index is 417. The maximum Gasteiger partial charge on any atom is 0.634 e. The van der Waals surface area contributed by atoms with Crippen LogP contribution >= 0.6 is 0 Å². The Labute approximate surface area is 171 Å². The molecule has 0 aliphatic carbocycles. The van der Waals surface area contributed by atoms with Crippen molar-refractivity contribution < 1.29 is 22.9 Å². The lowest BCUT2D eigenvalue weighted by Crippen LogP contribution is -2.63. The molecule has 28 heavy (non-hydrogen) atoms. The highest BCUT2D eigenvalue weighted by molar-refractivity contribution is 6.60. The normalized spacial score (nSPS) is 11.2. The molecular formula is C18H39N4O5Si. The second-order valence-corrected chi connectivity index (χ2v) is 9.12. The lowest BCUT2D eigenvalue weighted by molar-refractivity contribution is 0.105. The number of carbonyl (C=O) groups is 2. The molecule has 4 amide bonds. The fourth-order valence-corrected chi connectivity index (χ4v) is 3.80. The highest BCUT2D eigenvalue weighted by atomic mass is 28.4. The van der Waals surface area contributed by atoms with Gasteiger partial charge in [0.05, 0.1) is 0 Å². The van der Waals surface area contributed by atoms with Gasteiger partial charge in [0.15, 0.2) is 0 Å². The molecule has 0 fully saturated rings. The van der Waals surface area contributed by atoms with Gasteiger partial charge in [0, 0.05) is 34.4 Å². The van der Waals surface area contributed by atoms with Gasteiger partial charge in [-0.1, -0.05) is 58.8 Å². The summed E-state index contributed by atoms with van der Waals surface area (Å²) in [7, 11) is 0.850. The van der Waals surface area contributed by atoms with Crippen molar-refractivity contribution in [1.29, 1.82) is 0 Å². The van der Waals surface area contributed by atoms with E-state index in [1.807, 2.05) is 6.92 Å². The average molecular weight is 420 g/mol. The zero-order valence-electron chi connectivity index (χ0n) is 18.2. The van der Waals surface area contributed by atoms with Crippen LogP contribution in [0, 0.1) is 0 Å². The molecule has 0 heterocycles. The number of carbonyl (C=O) groups excluding carboxylic acids is 2. The van der Waals surface area contributed by atoms with Crippen LogP contribution < -0.4 is 15.7 Å². The summed E-state index contributed by atoms with van der Waals surface area (Å²) >= 11 is 0. The second-order valence-electron chi connectivity index (χ2n) is 6.53. The van der Waals surface area contributed by atoms with E-state index >= 15 is 0 Å². The summed E-state index contributed by atoms with van der Waals surface area (Å²) in [4.78, 5) is 27.0. The summed E-state index contributed by atoms with van der Waals surface area (Å²) in [6.07, 6.45) is 10.2. The first-order valence-corrected chi connectivity index (χ1v) is 12.0. The van der Waals surface area contributed by atoms with Gasteiger partial charge in [-0.3, -0.25) is 4.98 Å². The number of rotatable bonds is 15. The minimum absolute atomic E-state index is 0.290. The van der Waals surface area contributed by atoms with Gasteiger partial charge >= 0.3 is 21.0 Å². The van der Waals surface area contributed by atoms with Crippen molar-refractivity contribution >= 4 is 21.0 Å². The first-order valence-electron chi connectivity index (χ1n) is 10.2. The van der Waals surface area contributed by atoms with Crippen LogP contribution in [0.2, 0.25) is 0 Å². The Balaban J connectivity index is 4.20. The Morgan fingerprint density at radius 1 is 0.857 bits per heavy atom. The molecule has 0 atom stereocenters. The molecule has 10 heteroatoms. The Kier molecular flexibility index (Phi) is 15.8. The van der Waals surface area contributed by atoms with E-state index in [9.17, 15) is 9.59 Å². The molecular weight excluding hydrogens is 380 g/mol. The van der Waals surface area contributed by atoms with Crippen molar-refractivity contribution in [2.75, 3.05) is 34.4 Å². The lowest BCUT2D eigenvalue weighted by Gasteiger charge is -2.27. The molecule has 0 aromatic rings. The van der Waals surface area contributed by atoms with E-state index in [0.29, 0.717) is 19.5 Å². The SMILES string of the molecule is CCCCCCCCCCNC(=O)[N]N(CCC)C(=O)N[Si](OC)(OC)OC. The molecule has 0 spiro atoms. The summed E-state index contributed by atoms with van der Waals surface area (Å²) in [5.74, 6) is 0. The molecule has 0 aliphatic heterocycles. The minimum Gasteiger partial charge on any atom is -0.360 e. The summed E-state index contributed by atoms with van der Waals surface area (Å²) in [5, 5.41) is 3.80. The van der Waals surface area contributed by atoms with Crippen molar-refractivity contribution in [2.45, 2.75) is 71.6 Å². The largest absolute Gasteiger partial charge is 0.634 e. The van der Waals surface area contributed by atoms with Crippen molar-refractivity contribution in [1.82, 2.24) is 20.7 Å². The number of unbranched alkanes of at least 4 members (excludes halogenated alkanes) is 7. The lowest BCUT2D eigenvalue weighted by atomic mass is 10.1. The number of amides is 4. The van der Waals surface area contributed by atoms with Crippen LogP contribution in [0.25, 0.3) is 0 Å². The number of hydrogen-bond donors (Lipinski definition) is 2. The number of nitrogens with zero attached hydrogens (tertiary/aromatic N) is 2. The van der Waals surface area contributed by atoms with E-state index in [2.05, 4.69) is 22.6 Å². The number of hydrogen-bond acceptors (Lipinski definition) is 5. The fraction of sp³-hybridized carbons (Fsp3) is 0.889. The topological polar surface area (TPSA) is 103 Å². The molecule has 0 unspecified atom stereocenters. The van der Waals surface area contributed by atoms with Gasteiger partial charge in [0.2, 0.25) is 0 Å². The molecule has 165 valence electrons. The minimum atomic E-state index is -3.31. The maximum atomic E-state index is 12.4. The van der Waals surface area contributed by atoms with Gasteiger partial charge < -0.3 is 18.6 Å². The van der Waals surface area contributed by atoms with Gasteiger partial charge in [0.1, 0.15) is 0 Å². The van der Waals surface area contributed by atoms with Crippen LogP contribution in [0.1, 0.15) is 71.6 Å². The standard InChI is InChI=1S/C18H39N4O5Si/c1-6-8-9-10-11-12-13-14-15-19-17(23)20-22(16-7-2)18(24)21-28(25-3,26-4)27-5/h6-16H2,1-5H3,(H,19,23)(H,21,24). The molecule has 1 radical (unpaired) electrons. The quantitative estimate of drug-likeness (QED) is 0.241. The molecule has 0 aliphatic rings. The van der Waals surface area contributed by atoms with Crippen molar-refractivity contribution in [2.24, 2.45) is 0 Å². The first-order chi connectivity index (χ1) is 13.5. The van der Waals surface area contributed by atoms with Crippen molar-refractivity contribution in [3.8, 4) is 0 Å². The monoisotopic (exact) mass is 419 g/mol. The summed E-state index contributed by atoms with van der Waals surface area (Å²) in [5.41, 5.74) is 3.85. The predicted molar refractivity (Wildman–Crippen MR) is 110 cm³/mol. The molecule has 0 saturated heterocycles. The van der Waals surface area contributed by atoms with Crippen LogP contribution in [0.4, 0.5) is 9.59 Å². The highest BCUT2D eigenvalue weighted by Gasteiger charge is 2.43. The maximum absolute atomic E-state index is 12.4. The predicted octanol–water partition coefficient (Wildman–Crippen LogP) is 3.15. The first kappa shape index (κ1) is 26.6. The molecule has 0 saturated carbocycles. The Morgan fingerprint density at radius 2 is 1.39 bits per heavy atom. The van der Waals surface area contributed by atoms with Crippen LogP contribution in [-0.2, 0) is 13.3 Å². The van der Waals surface area contributed by atoms with Gasteiger partial charge in [-0.05, 0) is 12.8 Å². The fourth-order valence-electron chi connectivity index (χ4n) is 2.61. The highest BCUT2D eigenvalue weighted by Crippen LogP contribution is 2.08.